The van der Waals surface area contributed by atoms with Gasteiger partial charge in [-0.05, 0) is 37.1 Å². The van der Waals surface area contributed by atoms with Crippen molar-refractivity contribution < 1.29 is 9.53 Å². The lowest BCUT2D eigenvalue weighted by molar-refractivity contribution is 0.0953. The van der Waals surface area contributed by atoms with E-state index in [1.54, 1.807) is 12.1 Å². The van der Waals surface area contributed by atoms with E-state index in [-0.39, 0.29) is 5.91 Å². The standard InChI is InChI=1S/C16H24BrNO2/c1-3-5-11-20-15-9-7-13(8-10-15)16(19)18-12-14(17)6-4-2/h7-10,14H,3-6,11-12H2,1-2H3,(H,18,19). The number of benzene rings is 1. The molecule has 1 unspecified atom stereocenters. The third-order valence-corrected chi connectivity index (χ3v) is 3.75. The molecule has 1 amide bonds. The molecule has 0 aliphatic rings. The summed E-state index contributed by atoms with van der Waals surface area (Å²) < 4.78 is 5.57. The van der Waals surface area contributed by atoms with Crippen LogP contribution in [0.5, 0.6) is 5.75 Å². The first kappa shape index (κ1) is 17.0. The smallest absolute Gasteiger partial charge is 0.251 e. The Kier molecular flexibility index (Phi) is 8.35. The normalized spacial score (nSPS) is 11.9. The molecule has 1 aromatic carbocycles. The van der Waals surface area contributed by atoms with E-state index in [1.165, 1.54) is 0 Å². The third kappa shape index (κ3) is 6.42. The summed E-state index contributed by atoms with van der Waals surface area (Å²) in [4.78, 5) is 12.3. The molecule has 0 saturated carbocycles. The van der Waals surface area contributed by atoms with E-state index in [2.05, 4.69) is 35.1 Å². The fourth-order valence-electron chi connectivity index (χ4n) is 1.76. The van der Waals surface area contributed by atoms with E-state index in [0.717, 1.165) is 38.0 Å². The number of carbonyl (C=O) groups is 1. The van der Waals surface area contributed by atoms with Crippen molar-refractivity contribution in [1.82, 2.24) is 5.32 Å². The Morgan fingerprint density at radius 2 is 1.95 bits per heavy atom. The summed E-state index contributed by atoms with van der Waals surface area (Å²) in [6, 6.07) is 7.31. The second-order valence-corrected chi connectivity index (χ2v) is 6.12. The Bertz CT molecular complexity index is 392. The molecular weight excluding hydrogens is 318 g/mol. The largest absolute Gasteiger partial charge is 0.494 e. The number of carbonyl (C=O) groups excluding carboxylic acids is 1. The molecule has 20 heavy (non-hydrogen) atoms. The van der Waals surface area contributed by atoms with Crippen LogP contribution in [0.3, 0.4) is 0 Å². The van der Waals surface area contributed by atoms with Crippen molar-refractivity contribution in [3.63, 3.8) is 0 Å². The molecule has 0 saturated heterocycles. The van der Waals surface area contributed by atoms with Crippen molar-refractivity contribution in [2.24, 2.45) is 0 Å². The second-order valence-electron chi connectivity index (χ2n) is 4.82. The lowest BCUT2D eigenvalue weighted by atomic mass is 10.2. The monoisotopic (exact) mass is 341 g/mol. The molecule has 0 spiro atoms. The number of halogens is 1. The quantitative estimate of drug-likeness (QED) is 0.541. The van der Waals surface area contributed by atoms with Crippen LogP contribution in [0.25, 0.3) is 0 Å². The molecule has 4 heteroatoms. The zero-order valence-corrected chi connectivity index (χ0v) is 13.9. The minimum atomic E-state index is -0.0364. The van der Waals surface area contributed by atoms with Crippen LogP contribution in [-0.4, -0.2) is 23.9 Å². The Balaban J connectivity index is 2.40. The molecule has 0 aromatic heterocycles. The third-order valence-electron chi connectivity index (χ3n) is 2.97. The molecule has 0 heterocycles. The summed E-state index contributed by atoms with van der Waals surface area (Å²) in [5, 5.41) is 2.93. The molecule has 0 aliphatic heterocycles. The molecular formula is C16H24BrNO2. The summed E-state index contributed by atoms with van der Waals surface area (Å²) in [5.41, 5.74) is 0.670. The average molecular weight is 342 g/mol. The van der Waals surface area contributed by atoms with Gasteiger partial charge >= 0.3 is 0 Å². The maximum absolute atomic E-state index is 12.0. The van der Waals surface area contributed by atoms with Gasteiger partial charge in [-0.25, -0.2) is 0 Å². The van der Waals surface area contributed by atoms with Crippen LogP contribution in [0.1, 0.15) is 49.9 Å². The van der Waals surface area contributed by atoms with Gasteiger partial charge in [0.15, 0.2) is 0 Å². The number of hydrogen-bond acceptors (Lipinski definition) is 2. The lowest BCUT2D eigenvalue weighted by Gasteiger charge is -2.10. The number of unbranched alkanes of at least 4 members (excludes halogenated alkanes) is 1. The van der Waals surface area contributed by atoms with E-state index in [1.807, 2.05) is 12.1 Å². The second kappa shape index (κ2) is 9.81. The lowest BCUT2D eigenvalue weighted by Crippen LogP contribution is -2.29. The van der Waals surface area contributed by atoms with Gasteiger partial charge in [0.05, 0.1) is 6.61 Å². The summed E-state index contributed by atoms with van der Waals surface area (Å²) >= 11 is 3.55. The van der Waals surface area contributed by atoms with Gasteiger partial charge in [-0.15, -0.1) is 0 Å². The van der Waals surface area contributed by atoms with Crippen LogP contribution in [0.15, 0.2) is 24.3 Å². The summed E-state index contributed by atoms with van der Waals surface area (Å²) in [6.07, 6.45) is 4.33. The minimum Gasteiger partial charge on any atom is -0.494 e. The number of nitrogens with one attached hydrogen (secondary N) is 1. The summed E-state index contributed by atoms with van der Waals surface area (Å²) in [5.74, 6) is 0.782. The van der Waals surface area contributed by atoms with Gasteiger partial charge in [0.25, 0.3) is 5.91 Å². The highest BCUT2D eigenvalue weighted by Gasteiger charge is 2.08. The van der Waals surface area contributed by atoms with Crippen molar-refractivity contribution >= 4 is 21.8 Å². The van der Waals surface area contributed by atoms with Crippen LogP contribution >= 0.6 is 15.9 Å². The van der Waals surface area contributed by atoms with Crippen molar-refractivity contribution in [3.8, 4) is 5.75 Å². The van der Waals surface area contributed by atoms with E-state index >= 15 is 0 Å². The van der Waals surface area contributed by atoms with Crippen molar-refractivity contribution in [2.75, 3.05) is 13.2 Å². The molecule has 112 valence electrons. The van der Waals surface area contributed by atoms with Crippen LogP contribution < -0.4 is 10.1 Å². The molecule has 1 atom stereocenters. The molecule has 3 nitrogen and oxygen atoms in total. The predicted molar refractivity (Wildman–Crippen MR) is 86.8 cm³/mol. The highest BCUT2D eigenvalue weighted by atomic mass is 79.9. The number of amides is 1. The van der Waals surface area contributed by atoms with Gasteiger partial charge in [-0.1, -0.05) is 42.6 Å². The van der Waals surface area contributed by atoms with Gasteiger partial charge in [0.2, 0.25) is 0 Å². The fraction of sp³-hybridized carbons (Fsp3) is 0.562. The molecule has 0 fully saturated rings. The van der Waals surface area contributed by atoms with Crippen molar-refractivity contribution in [3.05, 3.63) is 29.8 Å². The number of rotatable bonds is 9. The maximum Gasteiger partial charge on any atom is 0.251 e. The van der Waals surface area contributed by atoms with Crippen LogP contribution in [0.2, 0.25) is 0 Å². The van der Waals surface area contributed by atoms with E-state index in [0.29, 0.717) is 16.9 Å². The fourth-order valence-corrected chi connectivity index (χ4v) is 2.38. The Hall–Kier alpha value is -1.03. The first-order valence-corrected chi connectivity index (χ1v) is 8.24. The van der Waals surface area contributed by atoms with Gasteiger partial charge in [0.1, 0.15) is 5.75 Å². The first-order valence-electron chi connectivity index (χ1n) is 7.32. The Labute approximate surface area is 130 Å². The molecule has 0 bridgehead atoms. The summed E-state index contributed by atoms with van der Waals surface area (Å²) in [6.45, 7) is 5.64. The highest BCUT2D eigenvalue weighted by Crippen LogP contribution is 2.13. The number of alkyl halides is 1. The van der Waals surface area contributed by atoms with Crippen LogP contribution in [-0.2, 0) is 0 Å². The molecule has 1 rings (SSSR count). The number of hydrogen-bond donors (Lipinski definition) is 1. The van der Waals surface area contributed by atoms with Crippen molar-refractivity contribution in [2.45, 2.75) is 44.4 Å². The zero-order chi connectivity index (χ0) is 14.8. The topological polar surface area (TPSA) is 38.3 Å². The molecule has 0 aliphatic carbocycles. The van der Waals surface area contributed by atoms with Gasteiger partial charge < -0.3 is 10.1 Å². The molecule has 1 N–H and O–H groups in total. The Morgan fingerprint density at radius 3 is 2.55 bits per heavy atom. The zero-order valence-electron chi connectivity index (χ0n) is 12.3. The first-order chi connectivity index (χ1) is 9.67. The van der Waals surface area contributed by atoms with Crippen LogP contribution in [0, 0.1) is 0 Å². The molecule has 0 radical (unpaired) electrons. The van der Waals surface area contributed by atoms with E-state index < -0.39 is 0 Å². The highest BCUT2D eigenvalue weighted by molar-refractivity contribution is 9.09. The SMILES string of the molecule is CCCCOc1ccc(C(=O)NCC(Br)CCC)cc1. The van der Waals surface area contributed by atoms with Gasteiger partial charge in [0, 0.05) is 16.9 Å². The molecule has 1 aromatic rings. The van der Waals surface area contributed by atoms with Gasteiger partial charge in [-0.2, -0.15) is 0 Å². The maximum atomic E-state index is 12.0. The van der Waals surface area contributed by atoms with Crippen LogP contribution in [0.4, 0.5) is 0 Å². The van der Waals surface area contributed by atoms with Crippen molar-refractivity contribution in [1.29, 1.82) is 0 Å². The number of ether oxygens (including phenoxy) is 1. The van der Waals surface area contributed by atoms with E-state index in [9.17, 15) is 4.79 Å². The van der Waals surface area contributed by atoms with E-state index in [4.69, 9.17) is 4.74 Å². The summed E-state index contributed by atoms with van der Waals surface area (Å²) in [7, 11) is 0. The Morgan fingerprint density at radius 1 is 1.25 bits per heavy atom. The minimum absolute atomic E-state index is 0.0364. The predicted octanol–water partition coefficient (Wildman–Crippen LogP) is 4.16. The average Bonchev–Trinajstić information content (AvgIpc) is 2.46. The van der Waals surface area contributed by atoms with Gasteiger partial charge in [-0.3, -0.25) is 4.79 Å².